The number of halogens is 1. The van der Waals surface area contributed by atoms with Crippen molar-refractivity contribution in [3.63, 3.8) is 0 Å². The molecule has 3 rings (SSSR count). The summed E-state index contributed by atoms with van der Waals surface area (Å²) in [4.78, 5) is 21.8. The van der Waals surface area contributed by atoms with Crippen LogP contribution >= 0.6 is 23.7 Å². The van der Waals surface area contributed by atoms with Gasteiger partial charge in [-0.15, -0.1) is 12.4 Å². The predicted octanol–water partition coefficient (Wildman–Crippen LogP) is 2.99. The number of aromatic nitrogens is 3. The molecule has 0 aliphatic carbocycles. The van der Waals surface area contributed by atoms with Gasteiger partial charge >= 0.3 is 0 Å². The van der Waals surface area contributed by atoms with Crippen LogP contribution in [-0.2, 0) is 7.05 Å². The van der Waals surface area contributed by atoms with Crippen molar-refractivity contribution >= 4 is 45.0 Å². The fourth-order valence-corrected chi connectivity index (χ4v) is 4.02. The standard InChI is InChI=1S/C19H25N5O3S.ClH/c1-12-11-13(23(4)21-12)18(25)24(10-9-22(2)3)19-20-16-14(26-5)7-8-15(27-6)17(16)28-19;/h7-8,11H,9-10H2,1-6H3;1H. The second-order valence-corrected chi connectivity index (χ2v) is 7.68. The van der Waals surface area contributed by atoms with Crippen molar-refractivity contribution in [2.24, 2.45) is 7.05 Å². The van der Waals surface area contributed by atoms with E-state index >= 15 is 0 Å². The highest BCUT2D eigenvalue weighted by atomic mass is 35.5. The Bertz CT molecular complexity index is 960. The maximum absolute atomic E-state index is 13.3. The maximum atomic E-state index is 13.3. The molecule has 2 aromatic heterocycles. The molecule has 8 nitrogen and oxygen atoms in total. The summed E-state index contributed by atoms with van der Waals surface area (Å²) in [6.45, 7) is 3.07. The number of hydrogen-bond donors (Lipinski definition) is 0. The number of anilines is 1. The second kappa shape index (κ2) is 9.43. The van der Waals surface area contributed by atoms with E-state index in [4.69, 9.17) is 14.5 Å². The highest BCUT2D eigenvalue weighted by molar-refractivity contribution is 7.22. The molecule has 0 spiro atoms. The van der Waals surface area contributed by atoms with Crippen LogP contribution in [0.1, 0.15) is 16.2 Å². The molecule has 1 amide bonds. The summed E-state index contributed by atoms with van der Waals surface area (Å²) < 4.78 is 13.4. The zero-order chi connectivity index (χ0) is 20.4. The van der Waals surface area contributed by atoms with E-state index in [2.05, 4.69) is 5.10 Å². The lowest BCUT2D eigenvalue weighted by molar-refractivity contribution is 0.0976. The van der Waals surface area contributed by atoms with Crippen LogP contribution in [0.15, 0.2) is 18.2 Å². The number of rotatable bonds is 7. The van der Waals surface area contributed by atoms with Crippen molar-refractivity contribution in [3.8, 4) is 11.5 Å². The van der Waals surface area contributed by atoms with E-state index in [-0.39, 0.29) is 18.3 Å². The van der Waals surface area contributed by atoms with E-state index < -0.39 is 0 Å². The number of carbonyl (C=O) groups is 1. The van der Waals surface area contributed by atoms with Crippen LogP contribution in [-0.4, -0.2) is 67.0 Å². The monoisotopic (exact) mass is 439 g/mol. The normalized spacial score (nSPS) is 10.9. The summed E-state index contributed by atoms with van der Waals surface area (Å²) in [7, 11) is 8.94. The molecule has 0 aliphatic rings. The lowest BCUT2D eigenvalue weighted by Gasteiger charge is -2.21. The smallest absolute Gasteiger partial charge is 0.278 e. The van der Waals surface area contributed by atoms with E-state index in [0.717, 1.165) is 10.4 Å². The fourth-order valence-electron chi connectivity index (χ4n) is 2.92. The van der Waals surface area contributed by atoms with Crippen LogP contribution in [0.4, 0.5) is 5.13 Å². The number of hydrogen-bond acceptors (Lipinski definition) is 7. The van der Waals surface area contributed by atoms with Crippen molar-refractivity contribution in [1.29, 1.82) is 0 Å². The third kappa shape index (κ3) is 4.63. The average Bonchev–Trinajstić information content (AvgIpc) is 3.23. The summed E-state index contributed by atoms with van der Waals surface area (Å²) in [5, 5.41) is 4.90. The zero-order valence-corrected chi connectivity index (χ0v) is 19.1. The summed E-state index contributed by atoms with van der Waals surface area (Å²) >= 11 is 1.41. The van der Waals surface area contributed by atoms with Crippen LogP contribution in [0, 0.1) is 6.92 Å². The molecule has 29 heavy (non-hydrogen) atoms. The molecule has 0 saturated carbocycles. The second-order valence-electron chi connectivity index (χ2n) is 6.70. The number of nitrogens with zero attached hydrogens (tertiary/aromatic N) is 5. The van der Waals surface area contributed by atoms with Crippen molar-refractivity contribution < 1.29 is 14.3 Å². The maximum Gasteiger partial charge on any atom is 0.278 e. The molecule has 0 aliphatic heterocycles. The summed E-state index contributed by atoms with van der Waals surface area (Å²) in [5.41, 5.74) is 2.01. The Morgan fingerprint density at radius 1 is 1.17 bits per heavy atom. The van der Waals surface area contributed by atoms with Gasteiger partial charge in [0, 0.05) is 20.1 Å². The SMILES string of the molecule is COc1ccc(OC)c2sc(N(CCN(C)C)C(=O)c3cc(C)nn3C)nc12.Cl. The van der Waals surface area contributed by atoms with Gasteiger partial charge < -0.3 is 14.4 Å². The molecule has 0 saturated heterocycles. The number of aryl methyl sites for hydroxylation is 2. The summed E-state index contributed by atoms with van der Waals surface area (Å²) in [5.74, 6) is 1.22. The highest BCUT2D eigenvalue weighted by Crippen LogP contribution is 2.40. The van der Waals surface area contributed by atoms with Crippen LogP contribution in [0.2, 0.25) is 0 Å². The minimum Gasteiger partial charge on any atom is -0.495 e. The molecule has 158 valence electrons. The first-order chi connectivity index (χ1) is 13.3. The van der Waals surface area contributed by atoms with Gasteiger partial charge in [-0.3, -0.25) is 14.4 Å². The van der Waals surface area contributed by atoms with Crippen molar-refractivity contribution in [2.75, 3.05) is 46.3 Å². The lowest BCUT2D eigenvalue weighted by atomic mass is 10.3. The Labute approximate surface area is 180 Å². The van der Waals surface area contributed by atoms with Gasteiger partial charge in [0.15, 0.2) is 5.13 Å². The van der Waals surface area contributed by atoms with Crippen LogP contribution in [0.5, 0.6) is 11.5 Å². The van der Waals surface area contributed by atoms with Crippen LogP contribution in [0.3, 0.4) is 0 Å². The third-order valence-corrected chi connectivity index (χ3v) is 5.46. The molecule has 0 N–H and O–H groups in total. The molecule has 3 aromatic rings. The Morgan fingerprint density at radius 2 is 1.83 bits per heavy atom. The van der Waals surface area contributed by atoms with Gasteiger partial charge in [0.1, 0.15) is 27.4 Å². The largest absolute Gasteiger partial charge is 0.495 e. The van der Waals surface area contributed by atoms with E-state index in [1.54, 1.807) is 36.9 Å². The average molecular weight is 440 g/mol. The first kappa shape index (κ1) is 22.9. The molecule has 1 aromatic carbocycles. The van der Waals surface area contributed by atoms with E-state index in [1.165, 1.54) is 11.3 Å². The van der Waals surface area contributed by atoms with Gasteiger partial charge in [-0.1, -0.05) is 11.3 Å². The van der Waals surface area contributed by atoms with Crippen LogP contribution in [0.25, 0.3) is 10.2 Å². The Kier molecular flexibility index (Phi) is 7.45. The molecule has 2 heterocycles. The first-order valence-electron chi connectivity index (χ1n) is 8.84. The van der Waals surface area contributed by atoms with E-state index in [1.807, 2.05) is 38.1 Å². The van der Waals surface area contributed by atoms with Gasteiger partial charge in [-0.2, -0.15) is 5.10 Å². The fraction of sp³-hybridized carbons (Fsp3) is 0.421. The molecule has 10 heteroatoms. The number of carbonyl (C=O) groups excluding carboxylic acids is 1. The number of benzene rings is 1. The molecule has 0 unspecified atom stereocenters. The zero-order valence-electron chi connectivity index (χ0n) is 17.4. The number of amides is 1. The third-order valence-electron chi connectivity index (χ3n) is 4.37. The van der Waals surface area contributed by atoms with E-state index in [0.29, 0.717) is 40.9 Å². The summed E-state index contributed by atoms with van der Waals surface area (Å²) in [6.07, 6.45) is 0. The summed E-state index contributed by atoms with van der Waals surface area (Å²) in [6, 6.07) is 5.46. The Morgan fingerprint density at radius 3 is 2.38 bits per heavy atom. The molecular weight excluding hydrogens is 414 g/mol. The number of thiazole rings is 1. The van der Waals surface area contributed by atoms with Gasteiger partial charge in [0.25, 0.3) is 5.91 Å². The highest BCUT2D eigenvalue weighted by Gasteiger charge is 2.25. The first-order valence-corrected chi connectivity index (χ1v) is 9.66. The van der Waals surface area contributed by atoms with Gasteiger partial charge in [-0.25, -0.2) is 4.98 Å². The number of ether oxygens (including phenoxy) is 2. The molecule has 0 bridgehead atoms. The molecular formula is C19H26ClN5O3S. The lowest BCUT2D eigenvalue weighted by Crippen LogP contribution is -2.37. The number of fused-ring (bicyclic) bond motifs is 1. The minimum atomic E-state index is -0.137. The van der Waals surface area contributed by atoms with Gasteiger partial charge in [0.05, 0.1) is 19.9 Å². The van der Waals surface area contributed by atoms with E-state index in [9.17, 15) is 4.79 Å². The number of methoxy groups -OCH3 is 2. The molecule has 0 fully saturated rings. The quantitative estimate of drug-likeness (QED) is 0.563. The minimum absolute atomic E-state index is 0. The van der Waals surface area contributed by atoms with Gasteiger partial charge in [0.2, 0.25) is 0 Å². The Balaban J connectivity index is 0.00000300. The molecule has 0 radical (unpaired) electrons. The van der Waals surface area contributed by atoms with Crippen LogP contribution < -0.4 is 14.4 Å². The van der Waals surface area contributed by atoms with Crippen molar-refractivity contribution in [2.45, 2.75) is 6.92 Å². The number of likely N-dealkylation sites (N-methyl/N-ethyl adjacent to an activating group) is 1. The predicted molar refractivity (Wildman–Crippen MR) is 118 cm³/mol. The van der Waals surface area contributed by atoms with Crippen molar-refractivity contribution in [1.82, 2.24) is 19.7 Å². The molecule has 0 atom stereocenters. The van der Waals surface area contributed by atoms with Gasteiger partial charge in [-0.05, 0) is 39.2 Å². The van der Waals surface area contributed by atoms with Crippen molar-refractivity contribution in [3.05, 3.63) is 29.6 Å². The Hall–Kier alpha value is -2.36. The topological polar surface area (TPSA) is 72.7 Å².